The quantitative estimate of drug-likeness (QED) is 0.615. The molecule has 156 valence electrons. The van der Waals surface area contributed by atoms with Gasteiger partial charge in [-0.2, -0.15) is 0 Å². The van der Waals surface area contributed by atoms with Gasteiger partial charge in [-0.15, -0.1) is 0 Å². The number of nitrogens with zero attached hydrogens (tertiary/aromatic N) is 1. The Morgan fingerprint density at radius 1 is 1.03 bits per heavy atom. The molecule has 6 heteroatoms. The Balaban J connectivity index is 2.01. The van der Waals surface area contributed by atoms with Crippen LogP contribution in [0.3, 0.4) is 0 Å². The first-order valence-corrected chi connectivity index (χ1v) is 9.89. The van der Waals surface area contributed by atoms with Crippen molar-refractivity contribution in [1.29, 1.82) is 0 Å². The van der Waals surface area contributed by atoms with Crippen LogP contribution < -0.4 is 10.1 Å². The molecule has 0 saturated carbocycles. The molecule has 0 heterocycles. The standard InChI is InChI=1S/C23H29FN2O3/c1-17(2)25-23(28)18(3)26(16-19-10-7-8-13-21(19)24)22(27)14-9-15-29-20-11-5-4-6-12-20/h4-8,10-13,17-18H,9,14-16H2,1-3H3,(H,25,28). The highest BCUT2D eigenvalue weighted by Gasteiger charge is 2.26. The summed E-state index contributed by atoms with van der Waals surface area (Å²) < 4.78 is 19.7. The van der Waals surface area contributed by atoms with E-state index in [-0.39, 0.29) is 30.8 Å². The van der Waals surface area contributed by atoms with E-state index in [0.717, 1.165) is 5.75 Å². The summed E-state index contributed by atoms with van der Waals surface area (Å²) in [4.78, 5) is 26.8. The van der Waals surface area contributed by atoms with Crippen molar-refractivity contribution in [3.8, 4) is 5.75 Å². The van der Waals surface area contributed by atoms with Crippen molar-refractivity contribution in [1.82, 2.24) is 10.2 Å². The number of carbonyl (C=O) groups excluding carboxylic acids is 2. The van der Waals surface area contributed by atoms with Crippen molar-refractivity contribution >= 4 is 11.8 Å². The molecule has 2 aromatic carbocycles. The Morgan fingerprint density at radius 2 is 1.69 bits per heavy atom. The fourth-order valence-corrected chi connectivity index (χ4v) is 2.87. The molecule has 1 N–H and O–H groups in total. The van der Waals surface area contributed by atoms with Crippen LogP contribution >= 0.6 is 0 Å². The van der Waals surface area contributed by atoms with Gasteiger partial charge in [0, 0.05) is 24.6 Å². The number of nitrogens with one attached hydrogen (secondary N) is 1. The summed E-state index contributed by atoms with van der Waals surface area (Å²) in [6.45, 7) is 5.80. The summed E-state index contributed by atoms with van der Waals surface area (Å²) >= 11 is 0. The van der Waals surface area contributed by atoms with Gasteiger partial charge in [0.25, 0.3) is 0 Å². The monoisotopic (exact) mass is 400 g/mol. The zero-order valence-electron chi connectivity index (χ0n) is 17.2. The molecule has 1 unspecified atom stereocenters. The Labute approximate surface area is 171 Å². The first-order valence-electron chi connectivity index (χ1n) is 9.89. The summed E-state index contributed by atoms with van der Waals surface area (Å²) in [6.07, 6.45) is 0.709. The second kappa shape index (κ2) is 11.2. The van der Waals surface area contributed by atoms with Crippen LogP contribution in [-0.2, 0) is 16.1 Å². The summed E-state index contributed by atoms with van der Waals surface area (Å²) in [6, 6.07) is 14.9. The number of carbonyl (C=O) groups is 2. The molecule has 0 fully saturated rings. The van der Waals surface area contributed by atoms with E-state index in [0.29, 0.717) is 18.6 Å². The van der Waals surface area contributed by atoms with Crippen LogP contribution in [-0.4, -0.2) is 35.4 Å². The third kappa shape index (κ3) is 7.22. The molecule has 0 spiro atoms. The molecule has 0 aliphatic rings. The van der Waals surface area contributed by atoms with Gasteiger partial charge in [0.05, 0.1) is 6.61 Å². The number of halogens is 1. The summed E-state index contributed by atoms with van der Waals surface area (Å²) in [5.41, 5.74) is 0.380. The number of ether oxygens (including phenoxy) is 1. The number of amides is 2. The van der Waals surface area contributed by atoms with E-state index >= 15 is 0 Å². The molecule has 29 heavy (non-hydrogen) atoms. The van der Waals surface area contributed by atoms with Gasteiger partial charge in [-0.1, -0.05) is 36.4 Å². The molecule has 2 rings (SSSR count). The minimum absolute atomic E-state index is 0.0394. The van der Waals surface area contributed by atoms with Crippen molar-refractivity contribution in [3.05, 3.63) is 66.0 Å². The fraction of sp³-hybridized carbons (Fsp3) is 0.391. The van der Waals surface area contributed by atoms with E-state index in [1.807, 2.05) is 44.2 Å². The largest absolute Gasteiger partial charge is 0.494 e. The predicted octanol–water partition coefficient (Wildman–Crippen LogP) is 3.93. The number of para-hydroxylation sites is 1. The Bertz CT molecular complexity index is 796. The molecule has 0 aliphatic heterocycles. The molecule has 5 nitrogen and oxygen atoms in total. The molecule has 0 aliphatic carbocycles. The van der Waals surface area contributed by atoms with Gasteiger partial charge >= 0.3 is 0 Å². The van der Waals surface area contributed by atoms with Crippen molar-refractivity contribution < 1.29 is 18.7 Å². The van der Waals surface area contributed by atoms with Crippen molar-refractivity contribution in [2.75, 3.05) is 6.61 Å². The maximum atomic E-state index is 14.1. The van der Waals surface area contributed by atoms with Crippen LogP contribution in [0.5, 0.6) is 5.75 Å². The fourth-order valence-electron chi connectivity index (χ4n) is 2.87. The maximum Gasteiger partial charge on any atom is 0.242 e. The molecule has 0 bridgehead atoms. The van der Waals surface area contributed by atoms with E-state index in [1.54, 1.807) is 25.1 Å². The smallest absolute Gasteiger partial charge is 0.242 e. The van der Waals surface area contributed by atoms with Gasteiger partial charge in [0.15, 0.2) is 0 Å². The second-order valence-electron chi connectivity index (χ2n) is 7.22. The third-order valence-electron chi connectivity index (χ3n) is 4.44. The molecule has 2 aromatic rings. The topological polar surface area (TPSA) is 58.6 Å². The average molecular weight is 400 g/mol. The van der Waals surface area contributed by atoms with Crippen LogP contribution in [0, 0.1) is 5.82 Å². The minimum atomic E-state index is -0.709. The number of hydrogen-bond acceptors (Lipinski definition) is 3. The lowest BCUT2D eigenvalue weighted by molar-refractivity contribution is -0.141. The van der Waals surface area contributed by atoms with Gasteiger partial charge in [0.1, 0.15) is 17.6 Å². The molecular weight excluding hydrogens is 371 g/mol. The highest BCUT2D eigenvalue weighted by Crippen LogP contribution is 2.15. The van der Waals surface area contributed by atoms with E-state index in [4.69, 9.17) is 4.74 Å². The van der Waals surface area contributed by atoms with Crippen LogP contribution in [0.15, 0.2) is 54.6 Å². The molecular formula is C23H29FN2O3. The maximum absolute atomic E-state index is 14.1. The third-order valence-corrected chi connectivity index (χ3v) is 4.44. The highest BCUT2D eigenvalue weighted by atomic mass is 19.1. The van der Waals surface area contributed by atoms with Crippen LogP contribution in [0.25, 0.3) is 0 Å². The van der Waals surface area contributed by atoms with Gasteiger partial charge in [-0.05, 0) is 45.4 Å². The zero-order chi connectivity index (χ0) is 21.2. The van der Waals surface area contributed by atoms with Crippen molar-refractivity contribution in [2.24, 2.45) is 0 Å². The molecule has 2 amide bonds. The van der Waals surface area contributed by atoms with E-state index < -0.39 is 11.9 Å². The number of benzene rings is 2. The van der Waals surface area contributed by atoms with Gasteiger partial charge in [0.2, 0.25) is 11.8 Å². The van der Waals surface area contributed by atoms with Gasteiger partial charge < -0.3 is 15.0 Å². The van der Waals surface area contributed by atoms with E-state index in [9.17, 15) is 14.0 Å². The predicted molar refractivity (Wildman–Crippen MR) is 111 cm³/mol. The zero-order valence-corrected chi connectivity index (χ0v) is 17.2. The molecule has 0 saturated heterocycles. The van der Waals surface area contributed by atoms with Gasteiger partial charge in [-0.3, -0.25) is 9.59 Å². The second-order valence-corrected chi connectivity index (χ2v) is 7.22. The van der Waals surface area contributed by atoms with E-state index in [1.165, 1.54) is 11.0 Å². The molecule has 0 radical (unpaired) electrons. The van der Waals surface area contributed by atoms with Crippen molar-refractivity contribution in [2.45, 2.75) is 52.2 Å². The van der Waals surface area contributed by atoms with E-state index in [2.05, 4.69) is 5.32 Å². The summed E-state index contributed by atoms with van der Waals surface area (Å²) in [5.74, 6) is -0.122. The summed E-state index contributed by atoms with van der Waals surface area (Å²) in [5, 5.41) is 2.82. The first kappa shape index (κ1) is 22.4. The van der Waals surface area contributed by atoms with Crippen LogP contribution in [0.1, 0.15) is 39.2 Å². The lowest BCUT2D eigenvalue weighted by Gasteiger charge is -2.29. The lowest BCUT2D eigenvalue weighted by Crippen LogP contribution is -2.49. The first-order chi connectivity index (χ1) is 13.9. The number of rotatable bonds is 10. The van der Waals surface area contributed by atoms with Gasteiger partial charge in [-0.25, -0.2) is 4.39 Å². The minimum Gasteiger partial charge on any atom is -0.494 e. The highest BCUT2D eigenvalue weighted by molar-refractivity contribution is 5.87. The lowest BCUT2D eigenvalue weighted by atomic mass is 10.1. The Morgan fingerprint density at radius 3 is 2.34 bits per heavy atom. The number of hydrogen-bond donors (Lipinski definition) is 1. The van der Waals surface area contributed by atoms with Crippen LogP contribution in [0.2, 0.25) is 0 Å². The normalized spacial score (nSPS) is 11.8. The Hall–Kier alpha value is -2.89. The summed E-state index contributed by atoms with van der Waals surface area (Å²) in [7, 11) is 0. The van der Waals surface area contributed by atoms with Crippen LogP contribution in [0.4, 0.5) is 4.39 Å². The SMILES string of the molecule is CC(C)NC(=O)C(C)N(Cc1ccccc1F)C(=O)CCCOc1ccccc1. The Kier molecular flexibility index (Phi) is 8.65. The molecule has 0 aromatic heterocycles. The average Bonchev–Trinajstić information content (AvgIpc) is 2.70. The van der Waals surface area contributed by atoms with Crippen molar-refractivity contribution in [3.63, 3.8) is 0 Å². The molecule has 1 atom stereocenters.